The van der Waals surface area contributed by atoms with Crippen LogP contribution in [0.5, 0.6) is 0 Å². The first-order chi connectivity index (χ1) is 10.4. The van der Waals surface area contributed by atoms with Crippen molar-refractivity contribution in [2.45, 2.75) is 12.8 Å². The standard InChI is InChI=1S/C19H16N2/c1-2-6-14(7-3-1)12-15-10-11-17-18(13-15)21-19(20-17)16-8-4-5-9-16/h1-4,6-11,13H,5,12H2,(H,20,21). The molecule has 0 amide bonds. The number of nitrogens with one attached hydrogen (secondary N) is 1. The molecule has 1 aromatic heterocycles. The number of hydrogen-bond donors (Lipinski definition) is 1. The van der Waals surface area contributed by atoms with Crippen molar-refractivity contribution in [1.82, 2.24) is 9.97 Å². The number of allylic oxidation sites excluding steroid dienone is 4. The molecule has 0 saturated heterocycles. The number of H-pyrrole nitrogens is 1. The van der Waals surface area contributed by atoms with Gasteiger partial charge in [0.05, 0.1) is 11.0 Å². The van der Waals surface area contributed by atoms with E-state index < -0.39 is 0 Å². The number of fused-ring (bicyclic) bond motifs is 1. The van der Waals surface area contributed by atoms with Crippen molar-refractivity contribution in [3.63, 3.8) is 0 Å². The molecular formula is C19H16N2. The fourth-order valence-electron chi connectivity index (χ4n) is 2.76. The largest absolute Gasteiger partial charge is 0.338 e. The zero-order valence-electron chi connectivity index (χ0n) is 11.7. The molecule has 4 rings (SSSR count). The van der Waals surface area contributed by atoms with Crippen LogP contribution in [-0.2, 0) is 6.42 Å². The molecule has 0 radical (unpaired) electrons. The second-order valence-electron chi connectivity index (χ2n) is 5.40. The predicted molar refractivity (Wildman–Crippen MR) is 87.1 cm³/mol. The van der Waals surface area contributed by atoms with Crippen LogP contribution in [0.15, 0.2) is 66.8 Å². The van der Waals surface area contributed by atoms with Crippen LogP contribution in [-0.4, -0.2) is 9.97 Å². The smallest absolute Gasteiger partial charge is 0.138 e. The molecule has 1 aliphatic rings. The van der Waals surface area contributed by atoms with Crippen molar-refractivity contribution < 1.29 is 0 Å². The van der Waals surface area contributed by atoms with Gasteiger partial charge < -0.3 is 4.98 Å². The number of imidazole rings is 1. The third-order valence-electron chi connectivity index (χ3n) is 3.84. The summed E-state index contributed by atoms with van der Waals surface area (Å²) in [5.74, 6) is 0.968. The highest BCUT2D eigenvalue weighted by molar-refractivity contribution is 5.82. The summed E-state index contributed by atoms with van der Waals surface area (Å²) < 4.78 is 0. The molecule has 1 N–H and O–H groups in total. The van der Waals surface area contributed by atoms with Crippen LogP contribution in [0.1, 0.15) is 23.4 Å². The Hall–Kier alpha value is -2.61. The fraction of sp³-hybridized carbons (Fsp3) is 0.105. The molecule has 3 aromatic rings. The van der Waals surface area contributed by atoms with Gasteiger partial charge in [0, 0.05) is 5.57 Å². The third kappa shape index (κ3) is 2.40. The molecule has 2 nitrogen and oxygen atoms in total. The highest BCUT2D eigenvalue weighted by Crippen LogP contribution is 2.23. The summed E-state index contributed by atoms with van der Waals surface area (Å²) >= 11 is 0. The van der Waals surface area contributed by atoms with Crippen LogP contribution < -0.4 is 0 Å². The van der Waals surface area contributed by atoms with E-state index in [1.54, 1.807) is 0 Å². The molecule has 1 aliphatic carbocycles. The Morgan fingerprint density at radius 1 is 1.00 bits per heavy atom. The molecule has 102 valence electrons. The van der Waals surface area contributed by atoms with Crippen LogP contribution in [0.4, 0.5) is 0 Å². The highest BCUT2D eigenvalue weighted by atomic mass is 14.9. The van der Waals surface area contributed by atoms with Gasteiger partial charge in [0.25, 0.3) is 0 Å². The molecule has 2 heteroatoms. The van der Waals surface area contributed by atoms with Crippen molar-refractivity contribution in [1.29, 1.82) is 0 Å². The fourth-order valence-corrected chi connectivity index (χ4v) is 2.76. The summed E-state index contributed by atoms with van der Waals surface area (Å²) in [7, 11) is 0. The Morgan fingerprint density at radius 2 is 1.90 bits per heavy atom. The monoisotopic (exact) mass is 272 g/mol. The van der Waals surface area contributed by atoms with Crippen molar-refractivity contribution in [2.75, 3.05) is 0 Å². The van der Waals surface area contributed by atoms with Crippen molar-refractivity contribution >= 4 is 16.6 Å². The average Bonchev–Trinajstić information content (AvgIpc) is 3.17. The van der Waals surface area contributed by atoms with Gasteiger partial charge >= 0.3 is 0 Å². The molecule has 0 unspecified atom stereocenters. The van der Waals surface area contributed by atoms with Gasteiger partial charge in [0.1, 0.15) is 5.82 Å². The molecule has 0 atom stereocenters. The minimum absolute atomic E-state index is 0.946. The molecule has 0 saturated carbocycles. The lowest BCUT2D eigenvalue weighted by atomic mass is 10.0. The lowest BCUT2D eigenvalue weighted by Gasteiger charge is -2.01. The number of aromatic amines is 1. The van der Waals surface area contributed by atoms with E-state index >= 15 is 0 Å². The van der Waals surface area contributed by atoms with E-state index in [1.807, 2.05) is 0 Å². The van der Waals surface area contributed by atoms with Gasteiger partial charge in [-0.1, -0.05) is 54.6 Å². The number of nitrogens with zero attached hydrogens (tertiary/aromatic N) is 1. The first-order valence-electron chi connectivity index (χ1n) is 7.28. The summed E-state index contributed by atoms with van der Waals surface area (Å²) in [6, 6.07) is 17.0. The van der Waals surface area contributed by atoms with Gasteiger partial charge in [-0.05, 0) is 36.1 Å². The molecule has 0 fully saturated rings. The third-order valence-corrected chi connectivity index (χ3v) is 3.84. The summed E-state index contributed by atoms with van der Waals surface area (Å²) in [6.07, 6.45) is 8.43. The summed E-state index contributed by atoms with van der Waals surface area (Å²) in [6.45, 7) is 0. The SMILES string of the molecule is C1=CC(c2nc3cc(Cc4ccccc4)ccc3[nH]2)=CC1. The molecule has 1 heterocycles. The molecular weight excluding hydrogens is 256 g/mol. The van der Waals surface area contributed by atoms with Gasteiger partial charge in [-0.15, -0.1) is 0 Å². The average molecular weight is 272 g/mol. The quantitative estimate of drug-likeness (QED) is 0.747. The molecule has 0 aliphatic heterocycles. The molecule has 0 bridgehead atoms. The Morgan fingerprint density at radius 3 is 2.71 bits per heavy atom. The Balaban J connectivity index is 1.68. The first kappa shape index (κ1) is 12.2. The van der Waals surface area contributed by atoms with E-state index in [1.165, 1.54) is 16.7 Å². The molecule has 0 spiro atoms. The van der Waals surface area contributed by atoms with Crippen LogP contribution in [0.3, 0.4) is 0 Å². The highest BCUT2D eigenvalue weighted by Gasteiger charge is 2.08. The minimum atomic E-state index is 0.946. The number of rotatable bonds is 3. The normalized spacial score (nSPS) is 13.8. The maximum Gasteiger partial charge on any atom is 0.138 e. The van der Waals surface area contributed by atoms with Crippen molar-refractivity contribution in [2.24, 2.45) is 0 Å². The van der Waals surface area contributed by atoms with Crippen LogP contribution in [0.2, 0.25) is 0 Å². The topological polar surface area (TPSA) is 28.7 Å². The zero-order chi connectivity index (χ0) is 14.1. The Bertz CT molecular complexity index is 838. The molecule has 2 aromatic carbocycles. The maximum atomic E-state index is 4.72. The Labute approximate surface area is 123 Å². The zero-order valence-corrected chi connectivity index (χ0v) is 11.7. The summed E-state index contributed by atoms with van der Waals surface area (Å²) in [4.78, 5) is 8.12. The van der Waals surface area contributed by atoms with Gasteiger partial charge in [-0.2, -0.15) is 0 Å². The minimum Gasteiger partial charge on any atom is -0.338 e. The van der Waals surface area contributed by atoms with Gasteiger partial charge in [-0.25, -0.2) is 4.98 Å². The summed E-state index contributed by atoms with van der Waals surface area (Å²) in [5.41, 5.74) is 5.95. The number of aromatic nitrogens is 2. The second-order valence-corrected chi connectivity index (χ2v) is 5.40. The Kier molecular flexibility index (Phi) is 2.93. The van der Waals surface area contributed by atoms with E-state index in [9.17, 15) is 0 Å². The van der Waals surface area contributed by atoms with Crippen LogP contribution >= 0.6 is 0 Å². The van der Waals surface area contributed by atoms with Gasteiger partial charge in [0.2, 0.25) is 0 Å². The van der Waals surface area contributed by atoms with E-state index in [0.29, 0.717) is 0 Å². The lowest BCUT2D eigenvalue weighted by Crippen LogP contribution is -1.87. The first-order valence-corrected chi connectivity index (χ1v) is 7.28. The van der Waals surface area contributed by atoms with E-state index in [-0.39, 0.29) is 0 Å². The van der Waals surface area contributed by atoms with E-state index in [2.05, 4.69) is 71.7 Å². The van der Waals surface area contributed by atoms with Gasteiger partial charge in [0.15, 0.2) is 0 Å². The number of hydrogen-bond acceptors (Lipinski definition) is 1. The van der Waals surface area contributed by atoms with Crippen LogP contribution in [0.25, 0.3) is 16.6 Å². The maximum absolute atomic E-state index is 4.72. The van der Waals surface area contributed by atoms with Crippen molar-refractivity contribution in [3.8, 4) is 0 Å². The number of benzene rings is 2. The van der Waals surface area contributed by atoms with Crippen LogP contribution in [0, 0.1) is 0 Å². The second kappa shape index (κ2) is 5.06. The van der Waals surface area contributed by atoms with Crippen molar-refractivity contribution in [3.05, 3.63) is 83.7 Å². The molecule has 21 heavy (non-hydrogen) atoms. The van der Waals surface area contributed by atoms with E-state index in [4.69, 9.17) is 4.98 Å². The summed E-state index contributed by atoms with van der Waals surface area (Å²) in [5, 5.41) is 0. The predicted octanol–water partition coefficient (Wildman–Crippen LogP) is 4.50. The van der Waals surface area contributed by atoms with Gasteiger partial charge in [-0.3, -0.25) is 0 Å². The lowest BCUT2D eigenvalue weighted by molar-refractivity contribution is 1.20. The van der Waals surface area contributed by atoms with E-state index in [0.717, 1.165) is 29.7 Å².